The van der Waals surface area contributed by atoms with Gasteiger partial charge in [-0.1, -0.05) is 18.7 Å². The van der Waals surface area contributed by atoms with E-state index in [1.165, 1.54) is 23.5 Å². The molecule has 0 saturated heterocycles. The number of hydrogen-bond donors (Lipinski definition) is 1. The minimum Gasteiger partial charge on any atom is -0.490 e. The molecule has 0 unspecified atom stereocenters. The first-order chi connectivity index (χ1) is 22.2. The van der Waals surface area contributed by atoms with Gasteiger partial charge in [0.25, 0.3) is 0 Å². The van der Waals surface area contributed by atoms with Crippen LogP contribution >= 0.6 is 11.3 Å². The molecule has 0 aliphatic carbocycles. The van der Waals surface area contributed by atoms with Gasteiger partial charge >= 0.3 is 0 Å². The number of aromatic nitrogens is 2. The monoisotopic (exact) mass is 636 g/mol. The second-order valence-corrected chi connectivity index (χ2v) is 12.7. The number of fused-ring (bicyclic) bond motifs is 3. The van der Waals surface area contributed by atoms with Crippen LogP contribution in [0.2, 0.25) is 0 Å². The van der Waals surface area contributed by atoms with Crippen LogP contribution in [0.15, 0.2) is 66.7 Å². The Hall–Kier alpha value is -4.96. The van der Waals surface area contributed by atoms with Gasteiger partial charge < -0.3 is 15.0 Å². The minimum absolute atomic E-state index is 0.0701. The molecular weight excluding hydrogens is 606 g/mol. The van der Waals surface area contributed by atoms with Crippen molar-refractivity contribution in [1.82, 2.24) is 20.2 Å². The second kappa shape index (κ2) is 11.8. The molecule has 232 valence electrons. The lowest BCUT2D eigenvalue weighted by molar-refractivity contribution is -0.127. The van der Waals surface area contributed by atoms with Crippen molar-refractivity contribution in [2.45, 2.75) is 45.9 Å². The Labute approximate surface area is 268 Å². The molecule has 0 saturated carbocycles. The molecule has 2 aliphatic rings. The number of nitrogens with one attached hydrogen (secondary N) is 1. The molecule has 5 heterocycles. The molecular formula is C36H30F2N4O3S. The van der Waals surface area contributed by atoms with Crippen molar-refractivity contribution in [3.8, 4) is 39.4 Å². The highest BCUT2D eigenvalue weighted by molar-refractivity contribution is 7.18. The summed E-state index contributed by atoms with van der Waals surface area (Å²) in [7, 11) is 0. The van der Waals surface area contributed by atoms with Crippen LogP contribution in [0, 0.1) is 11.6 Å². The molecule has 0 radical (unpaired) electrons. The van der Waals surface area contributed by atoms with Crippen LogP contribution in [0.4, 0.5) is 8.78 Å². The third-order valence-electron chi connectivity index (χ3n) is 8.35. The molecule has 0 bridgehead atoms. The van der Waals surface area contributed by atoms with Gasteiger partial charge in [0.05, 0.1) is 35.2 Å². The van der Waals surface area contributed by atoms with E-state index in [-0.39, 0.29) is 35.7 Å². The van der Waals surface area contributed by atoms with Crippen molar-refractivity contribution in [2.75, 3.05) is 6.54 Å². The first-order valence-electron chi connectivity index (χ1n) is 15.1. The number of amides is 2. The lowest BCUT2D eigenvalue weighted by Crippen LogP contribution is -2.34. The second-order valence-electron chi connectivity index (χ2n) is 11.8. The van der Waals surface area contributed by atoms with Gasteiger partial charge in [0.1, 0.15) is 17.4 Å². The van der Waals surface area contributed by atoms with E-state index in [0.717, 1.165) is 49.7 Å². The number of pyridine rings is 2. The molecule has 3 aromatic heterocycles. The summed E-state index contributed by atoms with van der Waals surface area (Å²) in [5.41, 5.74) is 6.95. The highest BCUT2D eigenvalue weighted by Crippen LogP contribution is 2.47. The number of carbonyl (C=O) groups is 2. The van der Waals surface area contributed by atoms with Gasteiger partial charge in [-0.25, -0.2) is 13.8 Å². The Morgan fingerprint density at radius 3 is 2.70 bits per heavy atom. The zero-order chi connectivity index (χ0) is 32.1. The topological polar surface area (TPSA) is 84.4 Å². The van der Waals surface area contributed by atoms with Gasteiger partial charge in [-0.3, -0.25) is 14.6 Å². The summed E-state index contributed by atoms with van der Waals surface area (Å²) in [6.07, 6.45) is 3.61. The maximum absolute atomic E-state index is 16.0. The average Bonchev–Trinajstić information content (AvgIpc) is 3.53. The van der Waals surface area contributed by atoms with Gasteiger partial charge in [0.2, 0.25) is 11.8 Å². The van der Waals surface area contributed by atoms with Gasteiger partial charge in [-0.2, -0.15) is 0 Å². The summed E-state index contributed by atoms with van der Waals surface area (Å²) in [6.45, 7) is 8.62. The third kappa shape index (κ3) is 5.32. The minimum atomic E-state index is -0.756. The Bertz CT molecular complexity index is 2070. The van der Waals surface area contributed by atoms with Crippen LogP contribution in [-0.4, -0.2) is 39.3 Å². The third-order valence-corrected chi connectivity index (χ3v) is 9.29. The number of carbonyl (C=O) groups excluding carboxylic acids is 2. The molecule has 7 rings (SSSR count). The highest BCUT2D eigenvalue weighted by atomic mass is 32.1. The number of benzene rings is 2. The molecule has 2 aromatic carbocycles. The fourth-order valence-corrected chi connectivity index (χ4v) is 7.18. The fraction of sp³-hybridized carbons (Fsp3) is 0.222. The summed E-state index contributed by atoms with van der Waals surface area (Å²) >= 11 is 1.43. The van der Waals surface area contributed by atoms with E-state index in [1.807, 2.05) is 35.7 Å². The zero-order valence-corrected chi connectivity index (χ0v) is 26.1. The maximum Gasteiger partial charge on any atom is 0.246 e. The van der Waals surface area contributed by atoms with Crippen LogP contribution in [0.5, 0.6) is 5.75 Å². The summed E-state index contributed by atoms with van der Waals surface area (Å²) in [4.78, 5) is 36.0. The number of hydrogen-bond acceptors (Lipinski definition) is 6. The fourth-order valence-electron chi connectivity index (χ4n) is 6.24. The molecule has 10 heteroatoms. The van der Waals surface area contributed by atoms with E-state index >= 15 is 4.39 Å². The standard InChI is InChI=1S/C36H30F2N4O3S/c1-4-31(44)42-9-7-20-5-6-21(11-24(20)18-42)35-33(32-27(38)13-25(37)14-29(32)45-19(2)3)36-26(8-10-46-36)34(41-35)23-12-22-16-40-30(43)15-28(22)39-17-23/h4-6,8,10-14,17,19H,1,7,9,15-16,18H2,2-3H3,(H,40,43). The van der Waals surface area contributed by atoms with Crippen LogP contribution < -0.4 is 10.1 Å². The van der Waals surface area contributed by atoms with Gasteiger partial charge in [0, 0.05) is 64.7 Å². The lowest BCUT2D eigenvalue weighted by atomic mass is 9.91. The Morgan fingerprint density at radius 2 is 1.89 bits per heavy atom. The van der Waals surface area contributed by atoms with Crippen molar-refractivity contribution >= 4 is 33.2 Å². The van der Waals surface area contributed by atoms with Crippen LogP contribution in [0.1, 0.15) is 36.2 Å². The SMILES string of the molecule is C=CC(=O)N1CCc2ccc(-c3nc(-c4cnc5c(c4)CNC(=O)C5)c4ccsc4c3-c3c(F)cc(F)cc3OC(C)C)cc2C1. The number of nitrogens with zero attached hydrogens (tertiary/aromatic N) is 3. The first kappa shape index (κ1) is 29.7. The first-order valence-corrected chi connectivity index (χ1v) is 15.9. The smallest absolute Gasteiger partial charge is 0.246 e. The summed E-state index contributed by atoms with van der Waals surface area (Å²) in [6, 6.07) is 12.0. The predicted octanol–water partition coefficient (Wildman–Crippen LogP) is 7.00. The van der Waals surface area contributed by atoms with E-state index in [2.05, 4.69) is 16.9 Å². The van der Waals surface area contributed by atoms with Gasteiger partial charge in [0.15, 0.2) is 0 Å². The van der Waals surface area contributed by atoms with E-state index < -0.39 is 11.6 Å². The Morgan fingerprint density at radius 1 is 1.07 bits per heavy atom. The molecule has 1 N–H and O–H groups in total. The van der Waals surface area contributed by atoms with Crippen LogP contribution in [-0.2, 0) is 35.5 Å². The van der Waals surface area contributed by atoms with Crippen molar-refractivity contribution in [3.05, 3.63) is 101 Å². The Balaban J connectivity index is 1.50. The van der Waals surface area contributed by atoms with E-state index in [9.17, 15) is 14.0 Å². The van der Waals surface area contributed by atoms with E-state index in [0.29, 0.717) is 43.0 Å². The van der Waals surface area contributed by atoms with Crippen LogP contribution in [0.25, 0.3) is 43.7 Å². The van der Waals surface area contributed by atoms with Gasteiger partial charge in [-0.15, -0.1) is 11.3 Å². The maximum atomic E-state index is 16.0. The summed E-state index contributed by atoms with van der Waals surface area (Å²) in [5, 5.41) is 5.58. The molecule has 2 aliphatic heterocycles. The molecule has 7 nitrogen and oxygen atoms in total. The van der Waals surface area contributed by atoms with Crippen molar-refractivity contribution in [2.24, 2.45) is 0 Å². The Kier molecular flexibility index (Phi) is 7.60. The normalized spacial score (nSPS) is 14.2. The lowest BCUT2D eigenvalue weighted by Gasteiger charge is -2.28. The number of thiophene rings is 1. The summed E-state index contributed by atoms with van der Waals surface area (Å²) in [5.74, 6) is -1.62. The number of halogens is 2. The number of rotatable bonds is 6. The predicted molar refractivity (Wildman–Crippen MR) is 174 cm³/mol. The van der Waals surface area contributed by atoms with Gasteiger partial charge in [-0.05, 0) is 66.6 Å². The van der Waals surface area contributed by atoms with Crippen molar-refractivity contribution in [1.29, 1.82) is 0 Å². The summed E-state index contributed by atoms with van der Waals surface area (Å²) < 4.78 is 37.4. The molecule has 46 heavy (non-hydrogen) atoms. The van der Waals surface area contributed by atoms with E-state index in [4.69, 9.17) is 9.72 Å². The van der Waals surface area contributed by atoms with Crippen molar-refractivity contribution < 1.29 is 23.1 Å². The molecule has 0 spiro atoms. The zero-order valence-electron chi connectivity index (χ0n) is 25.3. The molecule has 2 amide bonds. The van der Waals surface area contributed by atoms with E-state index in [1.54, 1.807) is 24.9 Å². The quantitative estimate of drug-likeness (QED) is 0.203. The van der Waals surface area contributed by atoms with Crippen molar-refractivity contribution in [3.63, 3.8) is 0 Å². The molecule has 5 aromatic rings. The average molecular weight is 637 g/mol. The van der Waals surface area contributed by atoms with Crippen LogP contribution in [0.3, 0.4) is 0 Å². The largest absolute Gasteiger partial charge is 0.490 e. The molecule has 0 fully saturated rings. The number of ether oxygens (including phenoxy) is 1. The highest BCUT2D eigenvalue weighted by Gasteiger charge is 2.28. The molecule has 0 atom stereocenters.